The Morgan fingerprint density at radius 1 is 0.927 bits per heavy atom. The number of hydrogen-bond acceptors (Lipinski definition) is 7. The third kappa shape index (κ3) is 5.77. The highest BCUT2D eigenvalue weighted by atomic mass is 16.6. The van der Waals surface area contributed by atoms with E-state index in [1.807, 2.05) is 48.5 Å². The second-order valence-corrected chi connectivity index (χ2v) is 11.2. The normalized spacial score (nSPS) is 20.7. The summed E-state index contributed by atoms with van der Waals surface area (Å²) in [6.45, 7) is 3.93. The van der Waals surface area contributed by atoms with Crippen LogP contribution >= 0.6 is 0 Å². The summed E-state index contributed by atoms with van der Waals surface area (Å²) in [4.78, 5) is 53.5. The zero-order valence-electron chi connectivity index (χ0n) is 23.2. The molecule has 4 heterocycles. The number of benzene rings is 2. The molecule has 3 amide bonds. The molecule has 11 nitrogen and oxygen atoms in total. The van der Waals surface area contributed by atoms with Gasteiger partial charge in [0.05, 0.1) is 23.2 Å². The van der Waals surface area contributed by atoms with Crippen molar-refractivity contribution >= 4 is 28.9 Å². The second-order valence-electron chi connectivity index (χ2n) is 11.2. The number of piperidine rings is 2. The van der Waals surface area contributed by atoms with Gasteiger partial charge in [-0.3, -0.25) is 28.9 Å². The number of imide groups is 1. The predicted molar refractivity (Wildman–Crippen MR) is 150 cm³/mol. The zero-order valence-corrected chi connectivity index (χ0v) is 23.2. The molecule has 3 fully saturated rings. The Morgan fingerprint density at radius 2 is 1.68 bits per heavy atom. The molecule has 6 rings (SSSR count). The largest absolute Gasteiger partial charge is 0.445 e. The number of carbonyl (C=O) groups is 3. The van der Waals surface area contributed by atoms with Crippen LogP contribution in [0.15, 0.2) is 53.3 Å². The number of nitrogens with zero attached hydrogens (tertiary/aromatic N) is 4. The van der Waals surface area contributed by atoms with E-state index in [-0.39, 0.29) is 42.9 Å². The van der Waals surface area contributed by atoms with Crippen molar-refractivity contribution in [2.75, 3.05) is 26.2 Å². The van der Waals surface area contributed by atoms with Crippen molar-refractivity contribution in [1.82, 2.24) is 24.3 Å². The monoisotopic (exact) mass is 561 g/mol. The lowest BCUT2D eigenvalue weighted by Crippen LogP contribution is -2.53. The van der Waals surface area contributed by atoms with E-state index in [9.17, 15) is 19.2 Å². The molecule has 1 N–H and O–H groups in total. The van der Waals surface area contributed by atoms with Crippen LogP contribution in [0.25, 0.3) is 11.0 Å². The number of aromatic nitrogens is 2. The van der Waals surface area contributed by atoms with Gasteiger partial charge in [0.25, 0.3) is 0 Å². The number of rotatable bonds is 7. The van der Waals surface area contributed by atoms with E-state index in [1.165, 1.54) is 4.57 Å². The molecule has 2 aromatic carbocycles. The summed E-state index contributed by atoms with van der Waals surface area (Å²) < 4.78 is 14.8. The van der Waals surface area contributed by atoms with Gasteiger partial charge in [0.15, 0.2) is 0 Å². The van der Waals surface area contributed by atoms with E-state index in [0.29, 0.717) is 25.0 Å². The molecule has 1 unspecified atom stereocenters. The molecular formula is C30H35N5O6. The maximum absolute atomic E-state index is 13.0. The Morgan fingerprint density at radius 3 is 2.41 bits per heavy atom. The highest BCUT2D eigenvalue weighted by Gasteiger charge is 2.33. The molecule has 1 aromatic heterocycles. The van der Waals surface area contributed by atoms with Gasteiger partial charge in [-0.25, -0.2) is 9.59 Å². The van der Waals surface area contributed by atoms with E-state index in [2.05, 4.69) is 10.2 Å². The fraction of sp³-hybridized carbons (Fsp3) is 0.467. The first kappa shape index (κ1) is 27.2. The minimum atomic E-state index is -0.685. The van der Waals surface area contributed by atoms with Crippen LogP contribution in [0.5, 0.6) is 0 Å². The third-order valence-corrected chi connectivity index (χ3v) is 8.30. The Balaban J connectivity index is 0.972. The minimum absolute atomic E-state index is 0.137. The number of likely N-dealkylation sites (tertiary alicyclic amines) is 2. The average Bonchev–Trinajstić information content (AvgIpc) is 3.20. The van der Waals surface area contributed by atoms with Crippen molar-refractivity contribution in [3.8, 4) is 0 Å². The van der Waals surface area contributed by atoms with Crippen LogP contribution in [0.3, 0.4) is 0 Å². The summed E-state index contributed by atoms with van der Waals surface area (Å²) in [7, 11) is 1.71. The van der Waals surface area contributed by atoms with Gasteiger partial charge in [0.1, 0.15) is 12.6 Å². The highest BCUT2D eigenvalue weighted by molar-refractivity contribution is 6.00. The smallest absolute Gasteiger partial charge is 0.410 e. The van der Waals surface area contributed by atoms with Crippen molar-refractivity contribution < 1.29 is 23.9 Å². The lowest BCUT2D eigenvalue weighted by atomic mass is 10.0. The molecule has 0 spiro atoms. The number of aryl methyl sites for hydroxylation is 1. The summed E-state index contributed by atoms with van der Waals surface area (Å²) in [5.41, 5.74) is 3.24. The lowest BCUT2D eigenvalue weighted by Gasteiger charge is -2.42. The molecule has 11 heteroatoms. The maximum Gasteiger partial charge on any atom is 0.410 e. The molecular weight excluding hydrogens is 526 g/mol. The number of fused-ring (bicyclic) bond motifs is 1. The van der Waals surface area contributed by atoms with Crippen LogP contribution in [0, 0.1) is 0 Å². The molecule has 3 aliphatic rings. The summed E-state index contributed by atoms with van der Waals surface area (Å²) in [5, 5.41) is 2.34. The number of carbonyl (C=O) groups excluding carboxylic acids is 3. The number of hydrogen-bond donors (Lipinski definition) is 1. The molecule has 3 aliphatic heterocycles. The molecule has 0 aliphatic carbocycles. The fourth-order valence-corrected chi connectivity index (χ4v) is 5.99. The Kier molecular flexibility index (Phi) is 7.63. The molecule has 0 bridgehead atoms. The number of ether oxygens (including phenoxy) is 2. The minimum Gasteiger partial charge on any atom is -0.445 e. The molecule has 3 saturated heterocycles. The maximum atomic E-state index is 13.0. The van der Waals surface area contributed by atoms with Crippen LogP contribution < -0.4 is 11.0 Å². The summed E-state index contributed by atoms with van der Waals surface area (Å²) in [6, 6.07) is 14.9. The van der Waals surface area contributed by atoms with Gasteiger partial charge in [-0.1, -0.05) is 36.4 Å². The Bertz CT molecular complexity index is 1500. The van der Waals surface area contributed by atoms with Crippen molar-refractivity contribution in [3.05, 3.63) is 70.1 Å². The predicted octanol–water partition coefficient (Wildman–Crippen LogP) is 2.32. The fourth-order valence-electron chi connectivity index (χ4n) is 5.99. The van der Waals surface area contributed by atoms with E-state index in [0.717, 1.165) is 49.1 Å². The van der Waals surface area contributed by atoms with Gasteiger partial charge < -0.3 is 14.4 Å². The second kappa shape index (κ2) is 11.5. The molecule has 0 radical (unpaired) electrons. The van der Waals surface area contributed by atoms with Gasteiger partial charge in [-0.2, -0.15) is 0 Å². The molecule has 1 atom stereocenters. The first-order valence-electron chi connectivity index (χ1n) is 14.2. The van der Waals surface area contributed by atoms with Gasteiger partial charge >= 0.3 is 11.8 Å². The summed E-state index contributed by atoms with van der Waals surface area (Å²) in [5.74, 6) is -0.733. The quantitative estimate of drug-likeness (QED) is 0.441. The SMILES string of the molecule is Cn1c(=O)n(C2CCC(=O)NC2=O)c2ccc(CN3CC(OC4CCN(C(=O)OCc5ccccc5)CC4)C3)cc21. The van der Waals surface area contributed by atoms with Crippen LogP contribution in [0.1, 0.15) is 42.9 Å². The van der Waals surface area contributed by atoms with Gasteiger partial charge in [0, 0.05) is 46.2 Å². The Hall–Kier alpha value is -3.96. The molecule has 3 aromatic rings. The first-order valence-corrected chi connectivity index (χ1v) is 14.2. The third-order valence-electron chi connectivity index (χ3n) is 8.30. The number of nitrogens with one attached hydrogen (secondary N) is 1. The van der Waals surface area contributed by atoms with Crippen LogP contribution in [0.2, 0.25) is 0 Å². The van der Waals surface area contributed by atoms with Gasteiger partial charge in [-0.05, 0) is 42.5 Å². The van der Waals surface area contributed by atoms with E-state index >= 15 is 0 Å². The van der Waals surface area contributed by atoms with Crippen LogP contribution in [0.4, 0.5) is 4.79 Å². The van der Waals surface area contributed by atoms with Crippen molar-refractivity contribution in [3.63, 3.8) is 0 Å². The van der Waals surface area contributed by atoms with Crippen molar-refractivity contribution in [2.45, 2.75) is 57.1 Å². The number of amides is 3. The molecule has 216 valence electrons. The molecule has 41 heavy (non-hydrogen) atoms. The van der Waals surface area contributed by atoms with Gasteiger partial charge in [0.2, 0.25) is 11.8 Å². The van der Waals surface area contributed by atoms with Crippen molar-refractivity contribution in [2.24, 2.45) is 7.05 Å². The summed E-state index contributed by atoms with van der Waals surface area (Å²) in [6.07, 6.45) is 2.16. The van der Waals surface area contributed by atoms with E-state index < -0.39 is 11.9 Å². The lowest BCUT2D eigenvalue weighted by molar-refractivity contribution is -0.135. The van der Waals surface area contributed by atoms with Crippen molar-refractivity contribution in [1.29, 1.82) is 0 Å². The van der Waals surface area contributed by atoms with E-state index in [4.69, 9.17) is 9.47 Å². The van der Waals surface area contributed by atoms with Crippen LogP contribution in [-0.2, 0) is 39.3 Å². The zero-order chi connectivity index (χ0) is 28.5. The standard InChI is InChI=1S/C30H35N5O6/c1-32-26-15-21(7-8-24(26)35(29(32)38)25-9-10-27(36)31-28(25)37)16-33-17-23(18-33)41-22-11-13-34(14-12-22)30(39)40-19-20-5-3-2-4-6-20/h2-8,15,22-23,25H,9-14,16-19H2,1H3,(H,31,36,37). The average molecular weight is 562 g/mol. The summed E-state index contributed by atoms with van der Waals surface area (Å²) >= 11 is 0. The number of imidazole rings is 1. The molecule has 0 saturated carbocycles. The topological polar surface area (TPSA) is 115 Å². The van der Waals surface area contributed by atoms with Gasteiger partial charge in [-0.15, -0.1) is 0 Å². The Labute approximate surface area is 237 Å². The van der Waals surface area contributed by atoms with Crippen LogP contribution in [-0.4, -0.2) is 75.2 Å². The first-order chi connectivity index (χ1) is 19.9. The van der Waals surface area contributed by atoms with E-state index in [1.54, 1.807) is 16.5 Å². The highest BCUT2D eigenvalue weighted by Crippen LogP contribution is 2.26.